The zero-order valence-corrected chi connectivity index (χ0v) is 12.8. The molecule has 110 valence electrons. The summed E-state index contributed by atoms with van der Waals surface area (Å²) in [5, 5.41) is 0. The Morgan fingerprint density at radius 3 is 2.85 bits per heavy atom. The molecule has 2 rings (SSSR count). The minimum atomic E-state index is 0.281. The predicted octanol–water partition coefficient (Wildman–Crippen LogP) is 3.20. The second kappa shape index (κ2) is 6.78. The number of fused-ring (bicyclic) bond motifs is 1. The molecule has 0 bridgehead atoms. The Kier molecular flexibility index (Phi) is 5.05. The summed E-state index contributed by atoms with van der Waals surface area (Å²) < 4.78 is 5.44. The quantitative estimate of drug-likeness (QED) is 0.826. The number of hydrogen-bond donors (Lipinski definition) is 0. The van der Waals surface area contributed by atoms with E-state index in [1.54, 1.807) is 7.11 Å². The SMILES string of the molecule is CCCN(C(=O)CC)C1CCc2c(cccc2OC)C1. The lowest BCUT2D eigenvalue weighted by atomic mass is 9.86. The van der Waals surface area contributed by atoms with Gasteiger partial charge in [-0.15, -0.1) is 0 Å². The first-order valence-corrected chi connectivity index (χ1v) is 7.65. The van der Waals surface area contributed by atoms with E-state index in [-0.39, 0.29) is 5.91 Å². The Hall–Kier alpha value is -1.51. The molecule has 0 aliphatic heterocycles. The number of ether oxygens (including phenoxy) is 1. The highest BCUT2D eigenvalue weighted by molar-refractivity contribution is 5.76. The van der Waals surface area contributed by atoms with Gasteiger partial charge in [-0.3, -0.25) is 4.79 Å². The second-order valence-electron chi connectivity index (χ2n) is 5.44. The summed E-state index contributed by atoms with van der Waals surface area (Å²) in [6.07, 6.45) is 4.62. The van der Waals surface area contributed by atoms with Crippen molar-refractivity contribution in [3.05, 3.63) is 29.3 Å². The van der Waals surface area contributed by atoms with Crippen LogP contribution in [0.3, 0.4) is 0 Å². The van der Waals surface area contributed by atoms with Crippen LogP contribution in [0.15, 0.2) is 18.2 Å². The van der Waals surface area contributed by atoms with Crippen molar-refractivity contribution in [2.75, 3.05) is 13.7 Å². The molecule has 0 heterocycles. The van der Waals surface area contributed by atoms with Crippen LogP contribution in [0, 0.1) is 0 Å². The van der Waals surface area contributed by atoms with Gasteiger partial charge in [-0.25, -0.2) is 0 Å². The molecule has 0 aromatic heterocycles. The maximum atomic E-state index is 12.1. The van der Waals surface area contributed by atoms with Crippen LogP contribution in [-0.4, -0.2) is 30.5 Å². The minimum absolute atomic E-state index is 0.281. The third-order valence-electron chi connectivity index (χ3n) is 4.16. The summed E-state index contributed by atoms with van der Waals surface area (Å²) in [5.74, 6) is 1.27. The van der Waals surface area contributed by atoms with Crippen molar-refractivity contribution >= 4 is 5.91 Å². The number of hydrogen-bond acceptors (Lipinski definition) is 2. The zero-order chi connectivity index (χ0) is 14.5. The van der Waals surface area contributed by atoms with E-state index in [9.17, 15) is 4.79 Å². The van der Waals surface area contributed by atoms with E-state index < -0.39 is 0 Å². The molecule has 0 radical (unpaired) electrons. The van der Waals surface area contributed by atoms with Crippen LogP contribution >= 0.6 is 0 Å². The highest BCUT2D eigenvalue weighted by Crippen LogP contribution is 2.31. The lowest BCUT2D eigenvalue weighted by Gasteiger charge is -2.35. The van der Waals surface area contributed by atoms with Gasteiger partial charge < -0.3 is 9.64 Å². The van der Waals surface area contributed by atoms with E-state index in [0.29, 0.717) is 12.5 Å². The average molecular weight is 275 g/mol. The number of benzene rings is 1. The topological polar surface area (TPSA) is 29.5 Å². The fourth-order valence-electron chi connectivity index (χ4n) is 3.17. The second-order valence-corrected chi connectivity index (χ2v) is 5.44. The molecular formula is C17H25NO2. The summed E-state index contributed by atoms with van der Waals surface area (Å²) in [6.45, 7) is 4.96. The van der Waals surface area contributed by atoms with Gasteiger partial charge in [-0.05, 0) is 42.9 Å². The molecule has 20 heavy (non-hydrogen) atoms. The first kappa shape index (κ1) is 14.9. The van der Waals surface area contributed by atoms with Crippen LogP contribution < -0.4 is 4.74 Å². The zero-order valence-electron chi connectivity index (χ0n) is 12.8. The molecule has 1 atom stereocenters. The fraction of sp³-hybridized carbons (Fsp3) is 0.588. The summed E-state index contributed by atoms with van der Waals surface area (Å²) >= 11 is 0. The Morgan fingerprint density at radius 1 is 1.40 bits per heavy atom. The van der Waals surface area contributed by atoms with Crippen molar-refractivity contribution in [1.29, 1.82) is 0 Å². The Morgan fingerprint density at radius 2 is 2.20 bits per heavy atom. The molecule has 0 saturated heterocycles. The van der Waals surface area contributed by atoms with Crippen LogP contribution in [-0.2, 0) is 17.6 Å². The minimum Gasteiger partial charge on any atom is -0.496 e. The van der Waals surface area contributed by atoms with Gasteiger partial charge in [0.2, 0.25) is 5.91 Å². The van der Waals surface area contributed by atoms with Crippen LogP contribution in [0.1, 0.15) is 44.2 Å². The van der Waals surface area contributed by atoms with Gasteiger partial charge in [0, 0.05) is 19.0 Å². The number of carbonyl (C=O) groups excluding carboxylic acids is 1. The Balaban J connectivity index is 2.19. The monoisotopic (exact) mass is 275 g/mol. The maximum Gasteiger partial charge on any atom is 0.222 e. The van der Waals surface area contributed by atoms with E-state index in [2.05, 4.69) is 17.9 Å². The van der Waals surface area contributed by atoms with E-state index >= 15 is 0 Å². The van der Waals surface area contributed by atoms with Gasteiger partial charge >= 0.3 is 0 Å². The Labute approximate surface area is 121 Å². The summed E-state index contributed by atoms with van der Waals surface area (Å²) in [5.41, 5.74) is 2.66. The molecule has 1 unspecified atom stereocenters. The molecule has 1 amide bonds. The highest BCUT2D eigenvalue weighted by Gasteiger charge is 2.27. The van der Waals surface area contributed by atoms with Gasteiger partial charge in [-0.2, -0.15) is 0 Å². The molecule has 1 aliphatic carbocycles. The smallest absolute Gasteiger partial charge is 0.222 e. The van der Waals surface area contributed by atoms with Crippen molar-refractivity contribution in [1.82, 2.24) is 4.90 Å². The fourth-order valence-corrected chi connectivity index (χ4v) is 3.17. The van der Waals surface area contributed by atoms with Crippen molar-refractivity contribution < 1.29 is 9.53 Å². The largest absolute Gasteiger partial charge is 0.496 e. The standard InChI is InChI=1S/C17H25NO2/c1-4-11-18(17(19)5-2)14-9-10-15-13(12-14)7-6-8-16(15)20-3/h6-8,14H,4-5,9-12H2,1-3H3. The summed E-state index contributed by atoms with van der Waals surface area (Å²) in [4.78, 5) is 14.2. The molecule has 1 aromatic rings. The number of nitrogens with zero attached hydrogens (tertiary/aromatic N) is 1. The molecule has 3 nitrogen and oxygen atoms in total. The maximum absolute atomic E-state index is 12.1. The van der Waals surface area contributed by atoms with Gasteiger partial charge in [0.15, 0.2) is 0 Å². The van der Waals surface area contributed by atoms with E-state index in [1.165, 1.54) is 11.1 Å². The first-order chi connectivity index (χ1) is 9.71. The molecule has 0 N–H and O–H groups in total. The number of methoxy groups -OCH3 is 1. The normalized spacial score (nSPS) is 17.4. The lowest BCUT2D eigenvalue weighted by Crippen LogP contribution is -2.43. The number of carbonyl (C=O) groups is 1. The van der Waals surface area contributed by atoms with Crippen LogP contribution in [0.25, 0.3) is 0 Å². The first-order valence-electron chi connectivity index (χ1n) is 7.65. The van der Waals surface area contributed by atoms with E-state index in [0.717, 1.165) is 38.0 Å². The third kappa shape index (κ3) is 2.97. The van der Waals surface area contributed by atoms with Gasteiger partial charge in [0.1, 0.15) is 5.75 Å². The molecule has 0 fully saturated rings. The van der Waals surface area contributed by atoms with Gasteiger partial charge in [0.05, 0.1) is 7.11 Å². The van der Waals surface area contributed by atoms with Crippen LogP contribution in [0.4, 0.5) is 0 Å². The molecule has 1 aromatic carbocycles. The average Bonchev–Trinajstić information content (AvgIpc) is 2.50. The van der Waals surface area contributed by atoms with Gasteiger partial charge in [-0.1, -0.05) is 26.0 Å². The van der Waals surface area contributed by atoms with E-state index in [4.69, 9.17) is 4.74 Å². The predicted molar refractivity (Wildman–Crippen MR) is 81.1 cm³/mol. The van der Waals surface area contributed by atoms with E-state index in [1.807, 2.05) is 19.1 Å². The van der Waals surface area contributed by atoms with Crippen molar-refractivity contribution in [3.63, 3.8) is 0 Å². The van der Waals surface area contributed by atoms with Crippen LogP contribution in [0.5, 0.6) is 5.75 Å². The van der Waals surface area contributed by atoms with Crippen molar-refractivity contribution in [2.24, 2.45) is 0 Å². The molecular weight excluding hydrogens is 250 g/mol. The molecule has 1 aliphatic rings. The number of amides is 1. The van der Waals surface area contributed by atoms with Gasteiger partial charge in [0.25, 0.3) is 0 Å². The Bertz CT molecular complexity index is 470. The summed E-state index contributed by atoms with van der Waals surface area (Å²) in [7, 11) is 1.73. The van der Waals surface area contributed by atoms with Crippen molar-refractivity contribution in [3.8, 4) is 5.75 Å². The molecule has 0 spiro atoms. The van der Waals surface area contributed by atoms with Crippen molar-refractivity contribution in [2.45, 2.75) is 52.0 Å². The third-order valence-corrected chi connectivity index (χ3v) is 4.16. The number of rotatable bonds is 5. The summed E-state index contributed by atoms with van der Waals surface area (Å²) in [6, 6.07) is 6.60. The van der Waals surface area contributed by atoms with Crippen LogP contribution in [0.2, 0.25) is 0 Å². The molecule has 0 saturated carbocycles. The molecule has 3 heteroatoms. The highest BCUT2D eigenvalue weighted by atomic mass is 16.5. The lowest BCUT2D eigenvalue weighted by molar-refractivity contribution is -0.133.